The third-order valence-electron chi connectivity index (χ3n) is 5.32. The largest absolute Gasteiger partial charge is 0.390 e. The van der Waals surface area contributed by atoms with Crippen molar-refractivity contribution in [2.24, 2.45) is 0 Å². The molecule has 3 heterocycles. The molecule has 1 fully saturated rings. The van der Waals surface area contributed by atoms with E-state index < -0.39 is 0 Å². The van der Waals surface area contributed by atoms with Crippen molar-refractivity contribution in [2.75, 3.05) is 6.54 Å². The molecule has 0 bridgehead atoms. The Morgan fingerprint density at radius 1 is 1.26 bits per heavy atom. The number of aromatic amines is 1. The van der Waals surface area contributed by atoms with E-state index in [0.717, 1.165) is 37.7 Å². The molecule has 2 aliphatic rings. The number of aliphatic hydroxyl groups is 1. The molecule has 5 heteroatoms. The molecule has 4 nitrogen and oxygen atoms in total. The summed E-state index contributed by atoms with van der Waals surface area (Å²) >= 11 is 2.01. The molecule has 2 aromatic heterocycles. The van der Waals surface area contributed by atoms with E-state index in [4.69, 9.17) is 0 Å². The number of nitrogens with one attached hydrogen (secondary N) is 1. The van der Waals surface area contributed by atoms with Crippen LogP contribution < -0.4 is 0 Å². The van der Waals surface area contributed by atoms with Gasteiger partial charge in [-0.05, 0) is 30.9 Å². The normalized spacial score (nSPS) is 19.9. The highest BCUT2D eigenvalue weighted by atomic mass is 32.1. The molecule has 23 heavy (non-hydrogen) atoms. The fourth-order valence-electron chi connectivity index (χ4n) is 3.98. The van der Waals surface area contributed by atoms with E-state index in [1.54, 1.807) is 4.88 Å². The lowest BCUT2D eigenvalue weighted by Crippen LogP contribution is -2.29. The van der Waals surface area contributed by atoms with Gasteiger partial charge in [-0.1, -0.05) is 19.3 Å². The number of nitrogens with zero attached hydrogens (tertiary/aromatic N) is 2. The van der Waals surface area contributed by atoms with Gasteiger partial charge in [-0.3, -0.25) is 10.00 Å². The molecule has 2 N–H and O–H groups in total. The van der Waals surface area contributed by atoms with Crippen LogP contribution in [0.25, 0.3) is 0 Å². The maximum atomic E-state index is 9.41. The lowest BCUT2D eigenvalue weighted by molar-refractivity contribution is 0.238. The average Bonchev–Trinajstić information content (AvgIpc) is 3.22. The van der Waals surface area contributed by atoms with Gasteiger partial charge < -0.3 is 5.11 Å². The average molecular weight is 331 g/mol. The smallest absolute Gasteiger partial charge is 0.0924 e. The van der Waals surface area contributed by atoms with Gasteiger partial charge in [-0.15, -0.1) is 11.3 Å². The van der Waals surface area contributed by atoms with Gasteiger partial charge in [-0.25, -0.2) is 0 Å². The summed E-state index contributed by atoms with van der Waals surface area (Å²) in [7, 11) is 0. The van der Waals surface area contributed by atoms with Crippen molar-refractivity contribution in [1.29, 1.82) is 0 Å². The Hall–Kier alpha value is -1.17. The van der Waals surface area contributed by atoms with Crippen LogP contribution in [0.5, 0.6) is 0 Å². The molecule has 1 aliphatic heterocycles. The van der Waals surface area contributed by atoms with E-state index in [1.807, 2.05) is 11.3 Å². The Morgan fingerprint density at radius 3 is 2.96 bits per heavy atom. The minimum atomic E-state index is 0.0322. The SMILES string of the molecule is OCc1n[nH]c2c1CN(Cc1ccc(C3CCCCC3)s1)CC2. The number of fused-ring (bicyclic) bond motifs is 1. The summed E-state index contributed by atoms with van der Waals surface area (Å²) in [5.74, 6) is 0.810. The highest BCUT2D eigenvalue weighted by molar-refractivity contribution is 7.12. The Morgan fingerprint density at radius 2 is 2.13 bits per heavy atom. The van der Waals surface area contributed by atoms with E-state index in [9.17, 15) is 5.11 Å². The van der Waals surface area contributed by atoms with Gasteiger partial charge >= 0.3 is 0 Å². The topological polar surface area (TPSA) is 52.2 Å². The quantitative estimate of drug-likeness (QED) is 0.900. The highest BCUT2D eigenvalue weighted by Crippen LogP contribution is 2.36. The number of hydrogen-bond donors (Lipinski definition) is 2. The lowest BCUT2D eigenvalue weighted by Gasteiger charge is -2.26. The molecular formula is C18H25N3OS. The Kier molecular flexibility index (Phi) is 4.51. The van der Waals surface area contributed by atoms with Crippen molar-refractivity contribution < 1.29 is 5.11 Å². The van der Waals surface area contributed by atoms with Crippen LogP contribution >= 0.6 is 11.3 Å². The second kappa shape index (κ2) is 6.75. The fraction of sp³-hybridized carbons (Fsp3) is 0.611. The number of hydrogen-bond acceptors (Lipinski definition) is 4. The summed E-state index contributed by atoms with van der Waals surface area (Å²) in [6, 6.07) is 4.69. The minimum Gasteiger partial charge on any atom is -0.390 e. The maximum absolute atomic E-state index is 9.41. The number of thiophene rings is 1. The molecule has 2 aromatic rings. The molecule has 0 amide bonds. The first kappa shape index (κ1) is 15.4. The molecule has 1 aliphatic carbocycles. The fourth-order valence-corrected chi connectivity index (χ4v) is 5.21. The third kappa shape index (κ3) is 3.23. The summed E-state index contributed by atoms with van der Waals surface area (Å²) in [5, 5.41) is 16.7. The van der Waals surface area contributed by atoms with Gasteiger partial charge in [0, 0.05) is 47.1 Å². The summed E-state index contributed by atoms with van der Waals surface area (Å²) in [6.07, 6.45) is 7.98. The van der Waals surface area contributed by atoms with E-state index in [-0.39, 0.29) is 6.61 Å². The van der Waals surface area contributed by atoms with E-state index in [1.165, 1.54) is 48.2 Å². The lowest BCUT2D eigenvalue weighted by atomic mass is 9.88. The van der Waals surface area contributed by atoms with Crippen molar-refractivity contribution in [2.45, 2.75) is 64.1 Å². The number of rotatable bonds is 4. The molecule has 0 saturated heterocycles. The summed E-state index contributed by atoms with van der Waals surface area (Å²) in [5.41, 5.74) is 3.24. The molecule has 124 valence electrons. The molecule has 0 radical (unpaired) electrons. The zero-order valence-corrected chi connectivity index (χ0v) is 14.4. The molecule has 0 unspecified atom stereocenters. The van der Waals surface area contributed by atoms with Gasteiger partial charge in [0.2, 0.25) is 0 Å². The molecule has 4 rings (SSSR count). The second-order valence-corrected chi connectivity index (χ2v) is 8.09. The van der Waals surface area contributed by atoms with Crippen molar-refractivity contribution in [3.05, 3.63) is 38.8 Å². The molecule has 1 saturated carbocycles. The number of H-pyrrole nitrogens is 1. The maximum Gasteiger partial charge on any atom is 0.0924 e. The van der Waals surface area contributed by atoms with Crippen LogP contribution in [0.4, 0.5) is 0 Å². The first-order valence-corrected chi connectivity index (χ1v) is 9.62. The van der Waals surface area contributed by atoms with E-state index >= 15 is 0 Å². The van der Waals surface area contributed by atoms with Gasteiger partial charge in [0.25, 0.3) is 0 Å². The first-order valence-electron chi connectivity index (χ1n) is 8.80. The van der Waals surface area contributed by atoms with Crippen LogP contribution in [0, 0.1) is 0 Å². The minimum absolute atomic E-state index is 0.0322. The Labute approximate surface area is 141 Å². The van der Waals surface area contributed by atoms with Crippen molar-refractivity contribution >= 4 is 11.3 Å². The predicted octanol–water partition coefficient (Wildman–Crippen LogP) is 3.57. The van der Waals surface area contributed by atoms with Crippen LogP contribution in [0.3, 0.4) is 0 Å². The number of aliphatic hydroxyl groups excluding tert-OH is 1. The monoisotopic (exact) mass is 331 g/mol. The van der Waals surface area contributed by atoms with Crippen molar-refractivity contribution in [3.63, 3.8) is 0 Å². The van der Waals surface area contributed by atoms with Crippen LogP contribution in [-0.2, 0) is 26.1 Å². The van der Waals surface area contributed by atoms with Gasteiger partial charge in [0.1, 0.15) is 0 Å². The standard InChI is InChI=1S/C18H25N3OS/c22-12-17-15-11-21(9-8-16(15)19-20-17)10-14-6-7-18(23-14)13-4-2-1-3-5-13/h6-7,13,22H,1-5,8-12H2,(H,19,20). The zero-order valence-electron chi connectivity index (χ0n) is 13.6. The molecule has 0 aromatic carbocycles. The van der Waals surface area contributed by atoms with Crippen LogP contribution in [0.2, 0.25) is 0 Å². The zero-order chi connectivity index (χ0) is 15.6. The van der Waals surface area contributed by atoms with Crippen LogP contribution in [0.15, 0.2) is 12.1 Å². The third-order valence-corrected chi connectivity index (χ3v) is 6.55. The van der Waals surface area contributed by atoms with Gasteiger partial charge in [-0.2, -0.15) is 5.10 Å². The van der Waals surface area contributed by atoms with Crippen molar-refractivity contribution in [1.82, 2.24) is 15.1 Å². The molecule has 0 spiro atoms. The number of aromatic nitrogens is 2. The second-order valence-electron chi connectivity index (χ2n) is 6.89. The van der Waals surface area contributed by atoms with Crippen LogP contribution in [0.1, 0.15) is 64.7 Å². The Bertz CT molecular complexity index is 644. The highest BCUT2D eigenvalue weighted by Gasteiger charge is 2.23. The summed E-state index contributed by atoms with van der Waals surface area (Å²) in [4.78, 5) is 5.55. The van der Waals surface area contributed by atoms with Crippen molar-refractivity contribution in [3.8, 4) is 0 Å². The molecular weight excluding hydrogens is 306 g/mol. The van der Waals surface area contributed by atoms with E-state index in [2.05, 4.69) is 27.2 Å². The summed E-state index contributed by atoms with van der Waals surface area (Å²) < 4.78 is 0. The Balaban J connectivity index is 1.42. The predicted molar refractivity (Wildman–Crippen MR) is 92.5 cm³/mol. The van der Waals surface area contributed by atoms with E-state index in [0.29, 0.717) is 0 Å². The van der Waals surface area contributed by atoms with Crippen LogP contribution in [-0.4, -0.2) is 26.7 Å². The van der Waals surface area contributed by atoms with Gasteiger partial charge in [0.05, 0.1) is 12.3 Å². The van der Waals surface area contributed by atoms with Gasteiger partial charge in [0.15, 0.2) is 0 Å². The molecule has 0 atom stereocenters. The summed E-state index contributed by atoms with van der Waals surface area (Å²) in [6.45, 7) is 3.02. The first-order chi connectivity index (χ1) is 11.3.